The van der Waals surface area contributed by atoms with Crippen molar-refractivity contribution in [3.05, 3.63) is 37.5 Å². The summed E-state index contributed by atoms with van der Waals surface area (Å²) in [6.07, 6.45) is 6.94. The molecular formula is C8H2Br3. The maximum atomic E-state index is 6.94. The van der Waals surface area contributed by atoms with Crippen molar-refractivity contribution in [3.63, 3.8) is 0 Å². The molecule has 0 aromatic heterocycles. The second kappa shape index (κ2) is 3.75. The SMILES string of the molecule is [C]#Cc1cc(Br)c(Br)cc1Br. The Morgan fingerprint density at radius 3 is 2.09 bits per heavy atom. The van der Waals surface area contributed by atoms with Crippen LogP contribution in [0.25, 0.3) is 0 Å². The van der Waals surface area contributed by atoms with Crippen LogP contribution in [-0.2, 0) is 0 Å². The molecule has 0 atom stereocenters. The predicted octanol–water partition coefficient (Wildman–Crippen LogP) is 3.91. The molecule has 1 aromatic rings. The van der Waals surface area contributed by atoms with E-state index < -0.39 is 0 Å². The van der Waals surface area contributed by atoms with Crippen molar-refractivity contribution in [1.82, 2.24) is 0 Å². The van der Waals surface area contributed by atoms with Gasteiger partial charge in [0, 0.05) is 19.0 Å². The second-order valence-corrected chi connectivity index (χ2v) is 4.43. The molecule has 0 heterocycles. The molecule has 0 amide bonds. The first-order chi connectivity index (χ1) is 5.15. The minimum atomic E-state index is 0.736. The molecular weight excluding hydrogens is 336 g/mol. The van der Waals surface area contributed by atoms with Crippen LogP contribution in [0.5, 0.6) is 0 Å². The average molecular weight is 338 g/mol. The van der Waals surface area contributed by atoms with E-state index in [2.05, 4.69) is 53.7 Å². The predicted molar refractivity (Wildman–Crippen MR) is 55.8 cm³/mol. The number of hydrogen-bond acceptors (Lipinski definition) is 0. The molecule has 11 heavy (non-hydrogen) atoms. The van der Waals surface area contributed by atoms with Crippen LogP contribution in [-0.4, -0.2) is 0 Å². The Hall–Kier alpha value is 0.220. The molecule has 0 saturated carbocycles. The van der Waals surface area contributed by atoms with Crippen LogP contribution in [0.3, 0.4) is 0 Å². The minimum absolute atomic E-state index is 0.736. The quantitative estimate of drug-likeness (QED) is 0.497. The summed E-state index contributed by atoms with van der Waals surface area (Å²) >= 11 is 9.98. The molecule has 0 saturated heterocycles. The normalized spacial score (nSPS) is 9.27. The summed E-state index contributed by atoms with van der Waals surface area (Å²) in [6.45, 7) is 0. The van der Waals surface area contributed by atoms with Gasteiger partial charge in [-0.2, -0.15) is 0 Å². The smallest absolute Gasteiger partial charge is 0.0409 e. The number of rotatable bonds is 0. The Morgan fingerprint density at radius 1 is 1.00 bits per heavy atom. The van der Waals surface area contributed by atoms with Crippen molar-refractivity contribution in [1.29, 1.82) is 0 Å². The van der Waals surface area contributed by atoms with Gasteiger partial charge in [0.2, 0.25) is 0 Å². The molecule has 0 N–H and O–H groups in total. The Balaban J connectivity index is 3.35. The number of hydrogen-bond donors (Lipinski definition) is 0. The second-order valence-electron chi connectivity index (χ2n) is 1.87. The van der Waals surface area contributed by atoms with Gasteiger partial charge in [0.1, 0.15) is 0 Å². The van der Waals surface area contributed by atoms with Crippen molar-refractivity contribution in [3.8, 4) is 5.92 Å². The van der Waals surface area contributed by atoms with Gasteiger partial charge in [-0.1, -0.05) is 5.92 Å². The van der Waals surface area contributed by atoms with E-state index in [1.165, 1.54) is 0 Å². The van der Waals surface area contributed by atoms with E-state index in [0.29, 0.717) is 0 Å². The maximum Gasteiger partial charge on any atom is 0.0409 e. The van der Waals surface area contributed by atoms with Gasteiger partial charge in [-0.25, -0.2) is 0 Å². The zero-order chi connectivity index (χ0) is 8.43. The Morgan fingerprint density at radius 2 is 1.55 bits per heavy atom. The summed E-state index contributed by atoms with van der Waals surface area (Å²) in [6, 6.07) is 3.70. The molecule has 0 bridgehead atoms. The summed E-state index contributed by atoms with van der Waals surface area (Å²) < 4.78 is 2.75. The van der Waals surface area contributed by atoms with Crippen molar-refractivity contribution in [2.45, 2.75) is 0 Å². The van der Waals surface area contributed by atoms with Crippen LogP contribution in [0, 0.1) is 12.3 Å². The molecule has 0 unspecified atom stereocenters. The summed E-state index contributed by atoms with van der Waals surface area (Å²) in [4.78, 5) is 0. The Bertz CT molecular complexity index is 323. The molecule has 0 aliphatic rings. The molecule has 0 nitrogen and oxygen atoms in total. The average Bonchev–Trinajstić information content (AvgIpc) is 1.97. The minimum Gasteiger partial charge on any atom is -0.0516 e. The van der Waals surface area contributed by atoms with Crippen molar-refractivity contribution in [2.75, 3.05) is 0 Å². The molecule has 0 fully saturated rings. The molecule has 0 aliphatic carbocycles. The van der Waals surface area contributed by atoms with Gasteiger partial charge in [-0.15, -0.1) is 0 Å². The van der Waals surface area contributed by atoms with Gasteiger partial charge < -0.3 is 0 Å². The Kier molecular flexibility index (Phi) is 3.17. The molecule has 1 radical (unpaired) electrons. The molecule has 0 spiro atoms. The molecule has 1 rings (SSSR count). The van der Waals surface area contributed by atoms with Crippen LogP contribution < -0.4 is 0 Å². The van der Waals surface area contributed by atoms with Crippen molar-refractivity contribution >= 4 is 47.8 Å². The van der Waals surface area contributed by atoms with E-state index in [9.17, 15) is 0 Å². The topological polar surface area (TPSA) is 0 Å². The zero-order valence-corrected chi connectivity index (χ0v) is 10.0. The van der Waals surface area contributed by atoms with E-state index >= 15 is 0 Å². The highest BCUT2D eigenvalue weighted by atomic mass is 79.9. The zero-order valence-electron chi connectivity index (χ0n) is 5.29. The first-order valence-corrected chi connectivity index (χ1v) is 5.10. The third-order valence-corrected chi connectivity index (χ3v) is 3.64. The maximum absolute atomic E-state index is 6.94. The van der Waals surface area contributed by atoms with Crippen molar-refractivity contribution < 1.29 is 0 Å². The summed E-state index contributed by atoms with van der Waals surface area (Å²) in [5.74, 6) is 2.32. The molecule has 0 aliphatic heterocycles. The highest BCUT2D eigenvalue weighted by molar-refractivity contribution is 9.13. The monoisotopic (exact) mass is 335 g/mol. The third kappa shape index (κ3) is 2.08. The van der Waals surface area contributed by atoms with Gasteiger partial charge >= 0.3 is 0 Å². The van der Waals surface area contributed by atoms with Crippen LogP contribution in [0.15, 0.2) is 25.6 Å². The van der Waals surface area contributed by atoms with Crippen LogP contribution in [0.1, 0.15) is 5.56 Å². The summed E-state index contributed by atoms with van der Waals surface area (Å²) in [7, 11) is 0. The lowest BCUT2D eigenvalue weighted by atomic mass is 10.2. The van der Waals surface area contributed by atoms with Crippen LogP contribution in [0.4, 0.5) is 0 Å². The number of halogens is 3. The first-order valence-electron chi connectivity index (χ1n) is 2.72. The standard InChI is InChI=1S/C8H2Br3/c1-2-5-3-7(10)8(11)4-6(5)9/h3-4H. The largest absolute Gasteiger partial charge is 0.0516 e. The van der Waals surface area contributed by atoms with E-state index in [1.54, 1.807) is 0 Å². The van der Waals surface area contributed by atoms with Gasteiger partial charge in [0.05, 0.1) is 0 Å². The fourth-order valence-electron chi connectivity index (χ4n) is 0.618. The lowest BCUT2D eigenvalue weighted by molar-refractivity contribution is 1.51. The lowest BCUT2D eigenvalue weighted by Crippen LogP contribution is -1.78. The summed E-state index contributed by atoms with van der Waals surface area (Å²) in [5.41, 5.74) is 0.736. The molecule has 1 aromatic carbocycles. The molecule has 3 heteroatoms. The van der Waals surface area contributed by atoms with Crippen LogP contribution >= 0.6 is 47.8 Å². The van der Waals surface area contributed by atoms with E-state index in [-0.39, 0.29) is 0 Å². The van der Waals surface area contributed by atoms with E-state index in [4.69, 9.17) is 6.42 Å². The summed E-state index contributed by atoms with van der Waals surface area (Å²) in [5, 5.41) is 0. The van der Waals surface area contributed by atoms with Gasteiger partial charge in [0.15, 0.2) is 0 Å². The lowest BCUT2D eigenvalue weighted by Gasteiger charge is -1.99. The van der Waals surface area contributed by atoms with Gasteiger partial charge in [0.25, 0.3) is 0 Å². The van der Waals surface area contributed by atoms with Gasteiger partial charge in [-0.05, 0) is 66.3 Å². The highest BCUT2D eigenvalue weighted by Gasteiger charge is 2.01. The highest BCUT2D eigenvalue weighted by Crippen LogP contribution is 2.29. The third-order valence-electron chi connectivity index (χ3n) is 1.14. The van der Waals surface area contributed by atoms with E-state index in [1.807, 2.05) is 12.1 Å². The van der Waals surface area contributed by atoms with Crippen molar-refractivity contribution in [2.24, 2.45) is 0 Å². The number of benzene rings is 1. The van der Waals surface area contributed by atoms with Crippen LogP contribution in [0.2, 0.25) is 0 Å². The fourth-order valence-corrected chi connectivity index (χ4v) is 2.05. The molecule has 55 valence electrons. The van der Waals surface area contributed by atoms with E-state index in [0.717, 1.165) is 19.0 Å². The Labute approximate surface area is 90.8 Å². The van der Waals surface area contributed by atoms with Gasteiger partial charge in [-0.3, -0.25) is 0 Å². The first kappa shape index (κ1) is 9.31. The fraction of sp³-hybridized carbons (Fsp3) is 0.